The SMILES string of the molecule is Cc1ccc(C(=O)NCCNC(=O)C(C)(C)C)cc1. The van der Waals surface area contributed by atoms with Gasteiger partial charge in [-0.3, -0.25) is 9.59 Å². The van der Waals surface area contributed by atoms with Crippen LogP contribution < -0.4 is 10.6 Å². The number of hydrogen-bond donors (Lipinski definition) is 2. The number of nitrogens with one attached hydrogen (secondary N) is 2. The van der Waals surface area contributed by atoms with Gasteiger partial charge in [-0.1, -0.05) is 38.5 Å². The summed E-state index contributed by atoms with van der Waals surface area (Å²) in [5.74, 6) is -0.137. The van der Waals surface area contributed by atoms with Gasteiger partial charge in [-0.25, -0.2) is 0 Å². The molecule has 0 aliphatic carbocycles. The van der Waals surface area contributed by atoms with Crippen LogP contribution in [0.3, 0.4) is 0 Å². The highest BCUT2D eigenvalue weighted by Crippen LogP contribution is 2.11. The average Bonchev–Trinajstić information content (AvgIpc) is 2.33. The molecular weight excluding hydrogens is 240 g/mol. The number of hydrogen-bond acceptors (Lipinski definition) is 2. The van der Waals surface area contributed by atoms with Crippen LogP contribution in [0.2, 0.25) is 0 Å². The molecule has 104 valence electrons. The van der Waals surface area contributed by atoms with E-state index >= 15 is 0 Å². The van der Waals surface area contributed by atoms with E-state index in [1.165, 1.54) is 0 Å². The van der Waals surface area contributed by atoms with E-state index in [0.29, 0.717) is 18.7 Å². The van der Waals surface area contributed by atoms with E-state index in [2.05, 4.69) is 10.6 Å². The molecule has 2 amide bonds. The van der Waals surface area contributed by atoms with Crippen LogP contribution in [0.5, 0.6) is 0 Å². The minimum Gasteiger partial charge on any atom is -0.354 e. The highest BCUT2D eigenvalue weighted by molar-refractivity contribution is 5.94. The van der Waals surface area contributed by atoms with Gasteiger partial charge in [0, 0.05) is 24.1 Å². The highest BCUT2D eigenvalue weighted by atomic mass is 16.2. The van der Waals surface area contributed by atoms with Crippen molar-refractivity contribution < 1.29 is 9.59 Å². The van der Waals surface area contributed by atoms with Gasteiger partial charge in [0.15, 0.2) is 0 Å². The Hall–Kier alpha value is -1.84. The van der Waals surface area contributed by atoms with Gasteiger partial charge in [-0.2, -0.15) is 0 Å². The lowest BCUT2D eigenvalue weighted by Gasteiger charge is -2.17. The molecule has 0 radical (unpaired) electrons. The monoisotopic (exact) mass is 262 g/mol. The fraction of sp³-hybridized carbons (Fsp3) is 0.467. The van der Waals surface area contributed by atoms with Gasteiger partial charge in [-0.15, -0.1) is 0 Å². The third-order valence-electron chi connectivity index (χ3n) is 2.69. The molecule has 0 atom stereocenters. The summed E-state index contributed by atoms with van der Waals surface area (Å²) in [4.78, 5) is 23.4. The van der Waals surface area contributed by atoms with Crippen molar-refractivity contribution in [2.75, 3.05) is 13.1 Å². The van der Waals surface area contributed by atoms with E-state index < -0.39 is 5.41 Å². The first-order chi connectivity index (χ1) is 8.80. The lowest BCUT2D eigenvalue weighted by Crippen LogP contribution is -2.39. The molecule has 1 rings (SSSR count). The summed E-state index contributed by atoms with van der Waals surface area (Å²) in [7, 11) is 0. The zero-order chi connectivity index (χ0) is 14.5. The molecule has 0 saturated heterocycles. The predicted molar refractivity (Wildman–Crippen MR) is 76.0 cm³/mol. The van der Waals surface area contributed by atoms with Crippen molar-refractivity contribution in [3.63, 3.8) is 0 Å². The van der Waals surface area contributed by atoms with Crippen LogP contribution in [0.15, 0.2) is 24.3 Å². The minimum atomic E-state index is -0.402. The maximum Gasteiger partial charge on any atom is 0.251 e. The molecule has 0 aliphatic rings. The molecule has 4 heteroatoms. The largest absolute Gasteiger partial charge is 0.354 e. The third kappa shape index (κ3) is 5.12. The van der Waals surface area contributed by atoms with Gasteiger partial charge < -0.3 is 10.6 Å². The number of aryl methyl sites for hydroxylation is 1. The molecule has 19 heavy (non-hydrogen) atoms. The Balaban J connectivity index is 2.32. The van der Waals surface area contributed by atoms with E-state index in [1.54, 1.807) is 12.1 Å². The maximum atomic E-state index is 11.8. The Morgan fingerprint density at radius 1 is 1.00 bits per heavy atom. The van der Waals surface area contributed by atoms with Crippen LogP contribution in [0.25, 0.3) is 0 Å². The Kier molecular flexibility index (Phi) is 5.10. The summed E-state index contributed by atoms with van der Waals surface area (Å²) in [6.07, 6.45) is 0. The predicted octanol–water partition coefficient (Wildman–Crippen LogP) is 1.89. The van der Waals surface area contributed by atoms with Gasteiger partial charge >= 0.3 is 0 Å². The molecule has 2 N–H and O–H groups in total. The van der Waals surface area contributed by atoms with Crippen LogP contribution in [-0.4, -0.2) is 24.9 Å². The Bertz CT molecular complexity index is 444. The van der Waals surface area contributed by atoms with Gasteiger partial charge in [0.05, 0.1) is 0 Å². The van der Waals surface area contributed by atoms with Crippen LogP contribution in [0.4, 0.5) is 0 Å². The Labute approximate surface area is 114 Å². The molecule has 1 aromatic rings. The first-order valence-corrected chi connectivity index (χ1v) is 6.44. The molecule has 0 aliphatic heterocycles. The topological polar surface area (TPSA) is 58.2 Å². The van der Waals surface area contributed by atoms with E-state index in [0.717, 1.165) is 5.56 Å². The van der Waals surface area contributed by atoms with Crippen molar-refractivity contribution >= 4 is 11.8 Å². The first kappa shape index (κ1) is 15.2. The van der Waals surface area contributed by atoms with Crippen molar-refractivity contribution in [2.24, 2.45) is 5.41 Å². The molecule has 0 fully saturated rings. The quantitative estimate of drug-likeness (QED) is 0.814. The second kappa shape index (κ2) is 6.36. The number of carbonyl (C=O) groups is 2. The Morgan fingerprint density at radius 2 is 1.53 bits per heavy atom. The Morgan fingerprint density at radius 3 is 2.05 bits per heavy atom. The molecule has 1 aromatic carbocycles. The van der Waals surface area contributed by atoms with Crippen molar-refractivity contribution in [2.45, 2.75) is 27.7 Å². The van der Waals surface area contributed by atoms with Crippen molar-refractivity contribution in [3.05, 3.63) is 35.4 Å². The standard InChI is InChI=1S/C15H22N2O2/c1-11-5-7-12(8-6-11)13(18)16-9-10-17-14(19)15(2,3)4/h5-8H,9-10H2,1-4H3,(H,16,18)(H,17,19). The highest BCUT2D eigenvalue weighted by Gasteiger charge is 2.20. The number of carbonyl (C=O) groups excluding carboxylic acids is 2. The van der Waals surface area contributed by atoms with Crippen LogP contribution in [0, 0.1) is 12.3 Å². The van der Waals surface area contributed by atoms with Crippen LogP contribution >= 0.6 is 0 Å². The van der Waals surface area contributed by atoms with Gasteiger partial charge in [-0.05, 0) is 19.1 Å². The summed E-state index contributed by atoms with van der Waals surface area (Å²) in [5, 5.41) is 5.56. The molecule has 0 saturated carbocycles. The van der Waals surface area contributed by atoms with E-state index in [4.69, 9.17) is 0 Å². The summed E-state index contributed by atoms with van der Waals surface area (Å²) >= 11 is 0. The van der Waals surface area contributed by atoms with Gasteiger partial charge in [0.2, 0.25) is 5.91 Å². The average molecular weight is 262 g/mol. The number of rotatable bonds is 4. The number of benzene rings is 1. The van der Waals surface area contributed by atoms with Crippen molar-refractivity contribution in [1.29, 1.82) is 0 Å². The number of amides is 2. The molecule has 0 bridgehead atoms. The molecule has 0 unspecified atom stereocenters. The summed E-state index contributed by atoms with van der Waals surface area (Å²) < 4.78 is 0. The summed E-state index contributed by atoms with van der Waals surface area (Å²) in [5.41, 5.74) is 1.35. The second-order valence-electron chi connectivity index (χ2n) is 5.63. The van der Waals surface area contributed by atoms with Crippen LogP contribution in [-0.2, 0) is 4.79 Å². The van der Waals surface area contributed by atoms with E-state index in [9.17, 15) is 9.59 Å². The van der Waals surface area contributed by atoms with Crippen molar-refractivity contribution in [1.82, 2.24) is 10.6 Å². The fourth-order valence-electron chi connectivity index (χ4n) is 1.42. The zero-order valence-electron chi connectivity index (χ0n) is 12.0. The maximum absolute atomic E-state index is 11.8. The molecule has 0 heterocycles. The molecule has 0 aromatic heterocycles. The minimum absolute atomic E-state index is 0.0166. The lowest BCUT2D eigenvalue weighted by molar-refractivity contribution is -0.128. The molecule has 4 nitrogen and oxygen atoms in total. The van der Waals surface area contributed by atoms with E-state index in [1.807, 2.05) is 39.8 Å². The normalized spacial score (nSPS) is 10.9. The summed E-state index contributed by atoms with van der Waals surface area (Å²) in [6.45, 7) is 8.40. The molecule has 0 spiro atoms. The first-order valence-electron chi connectivity index (χ1n) is 6.44. The molecular formula is C15H22N2O2. The van der Waals surface area contributed by atoms with Crippen molar-refractivity contribution in [3.8, 4) is 0 Å². The van der Waals surface area contributed by atoms with E-state index in [-0.39, 0.29) is 11.8 Å². The fourth-order valence-corrected chi connectivity index (χ4v) is 1.42. The summed E-state index contributed by atoms with van der Waals surface area (Å²) in [6, 6.07) is 7.38. The lowest BCUT2D eigenvalue weighted by atomic mass is 9.96. The van der Waals surface area contributed by atoms with Gasteiger partial charge in [0.25, 0.3) is 5.91 Å². The second-order valence-corrected chi connectivity index (χ2v) is 5.63. The zero-order valence-corrected chi connectivity index (χ0v) is 12.0. The smallest absolute Gasteiger partial charge is 0.251 e. The van der Waals surface area contributed by atoms with Crippen LogP contribution in [0.1, 0.15) is 36.7 Å². The third-order valence-corrected chi connectivity index (χ3v) is 2.69. The van der Waals surface area contributed by atoms with Gasteiger partial charge in [0.1, 0.15) is 0 Å².